The van der Waals surface area contributed by atoms with Crippen LogP contribution in [-0.4, -0.2) is 12.2 Å². The SMILES string of the molecule is CSCc1cccc(C(=O)Nc2ccccc2Cl)c1. The number of nitrogens with one attached hydrogen (secondary N) is 1. The zero-order chi connectivity index (χ0) is 13.7. The second-order valence-electron chi connectivity index (χ2n) is 4.07. The molecule has 0 spiro atoms. The number of anilines is 1. The minimum Gasteiger partial charge on any atom is -0.321 e. The summed E-state index contributed by atoms with van der Waals surface area (Å²) >= 11 is 7.75. The van der Waals surface area contributed by atoms with Gasteiger partial charge in [0.2, 0.25) is 0 Å². The number of hydrogen-bond donors (Lipinski definition) is 1. The van der Waals surface area contributed by atoms with Crippen molar-refractivity contribution in [3.05, 3.63) is 64.7 Å². The summed E-state index contributed by atoms with van der Waals surface area (Å²) in [4.78, 5) is 12.1. The molecule has 2 nitrogen and oxygen atoms in total. The summed E-state index contributed by atoms with van der Waals surface area (Å²) in [7, 11) is 0. The molecular weight excluding hydrogens is 278 g/mol. The molecule has 0 heterocycles. The highest BCUT2D eigenvalue weighted by molar-refractivity contribution is 7.97. The Morgan fingerprint density at radius 1 is 1.21 bits per heavy atom. The van der Waals surface area contributed by atoms with Crippen LogP contribution in [0.4, 0.5) is 5.69 Å². The average Bonchev–Trinajstić information content (AvgIpc) is 2.42. The van der Waals surface area contributed by atoms with Gasteiger partial charge in [0.25, 0.3) is 5.91 Å². The van der Waals surface area contributed by atoms with Crippen molar-refractivity contribution >= 4 is 35.0 Å². The van der Waals surface area contributed by atoms with Crippen molar-refractivity contribution in [1.29, 1.82) is 0 Å². The monoisotopic (exact) mass is 291 g/mol. The molecule has 0 radical (unpaired) electrons. The van der Waals surface area contributed by atoms with Gasteiger partial charge >= 0.3 is 0 Å². The fraction of sp³-hybridized carbons (Fsp3) is 0.133. The second kappa shape index (κ2) is 6.64. The highest BCUT2D eigenvalue weighted by Gasteiger charge is 2.08. The van der Waals surface area contributed by atoms with Crippen LogP contribution in [-0.2, 0) is 5.75 Å². The van der Waals surface area contributed by atoms with Crippen LogP contribution in [0.2, 0.25) is 5.02 Å². The molecule has 0 fully saturated rings. The fourth-order valence-electron chi connectivity index (χ4n) is 1.73. The molecule has 98 valence electrons. The fourth-order valence-corrected chi connectivity index (χ4v) is 2.42. The second-order valence-corrected chi connectivity index (χ2v) is 5.34. The Morgan fingerprint density at radius 2 is 2.00 bits per heavy atom. The van der Waals surface area contributed by atoms with Crippen molar-refractivity contribution in [2.24, 2.45) is 0 Å². The predicted octanol–water partition coefficient (Wildman–Crippen LogP) is 4.46. The number of benzene rings is 2. The minimum atomic E-state index is -0.143. The molecule has 0 aliphatic carbocycles. The van der Waals surface area contributed by atoms with Crippen LogP contribution in [0.25, 0.3) is 0 Å². The van der Waals surface area contributed by atoms with E-state index in [0.717, 1.165) is 11.3 Å². The van der Waals surface area contributed by atoms with Crippen LogP contribution in [0.5, 0.6) is 0 Å². The van der Waals surface area contributed by atoms with Gasteiger partial charge in [-0.15, -0.1) is 0 Å². The number of hydrogen-bond acceptors (Lipinski definition) is 2. The number of para-hydroxylation sites is 1. The van der Waals surface area contributed by atoms with E-state index >= 15 is 0 Å². The maximum absolute atomic E-state index is 12.1. The van der Waals surface area contributed by atoms with Crippen molar-refractivity contribution in [2.45, 2.75) is 5.75 Å². The van der Waals surface area contributed by atoms with Gasteiger partial charge in [-0.1, -0.05) is 35.9 Å². The molecule has 0 unspecified atom stereocenters. The van der Waals surface area contributed by atoms with E-state index in [0.29, 0.717) is 16.3 Å². The molecule has 2 aromatic carbocycles. The van der Waals surface area contributed by atoms with E-state index in [4.69, 9.17) is 11.6 Å². The summed E-state index contributed by atoms with van der Waals surface area (Å²) in [6.07, 6.45) is 2.04. The van der Waals surface area contributed by atoms with Crippen LogP contribution < -0.4 is 5.32 Å². The topological polar surface area (TPSA) is 29.1 Å². The van der Waals surface area contributed by atoms with Gasteiger partial charge in [-0.3, -0.25) is 4.79 Å². The lowest BCUT2D eigenvalue weighted by Gasteiger charge is -2.08. The van der Waals surface area contributed by atoms with Gasteiger partial charge in [-0.05, 0) is 36.1 Å². The molecule has 1 N–H and O–H groups in total. The summed E-state index contributed by atoms with van der Waals surface area (Å²) in [5.74, 6) is 0.754. The van der Waals surface area contributed by atoms with E-state index in [1.807, 2.05) is 36.6 Å². The normalized spacial score (nSPS) is 10.2. The van der Waals surface area contributed by atoms with Crippen molar-refractivity contribution in [3.63, 3.8) is 0 Å². The van der Waals surface area contributed by atoms with Crippen LogP contribution >= 0.6 is 23.4 Å². The molecule has 0 bridgehead atoms. The molecule has 1 amide bonds. The molecule has 0 aromatic heterocycles. The molecule has 2 aromatic rings. The first kappa shape index (κ1) is 14.0. The van der Waals surface area contributed by atoms with Crippen LogP contribution in [0.3, 0.4) is 0 Å². The van der Waals surface area contributed by atoms with E-state index in [1.54, 1.807) is 30.0 Å². The average molecular weight is 292 g/mol. The Hall–Kier alpha value is -1.45. The highest BCUT2D eigenvalue weighted by atomic mass is 35.5. The first-order valence-electron chi connectivity index (χ1n) is 5.84. The molecule has 0 atom stereocenters. The minimum absolute atomic E-state index is 0.143. The van der Waals surface area contributed by atoms with E-state index in [9.17, 15) is 4.79 Å². The number of amides is 1. The van der Waals surface area contributed by atoms with Gasteiger partial charge in [0.15, 0.2) is 0 Å². The third-order valence-electron chi connectivity index (χ3n) is 2.62. The van der Waals surface area contributed by atoms with Crippen molar-refractivity contribution < 1.29 is 4.79 Å². The Morgan fingerprint density at radius 3 is 2.74 bits per heavy atom. The van der Waals surface area contributed by atoms with E-state index in [-0.39, 0.29) is 5.91 Å². The summed E-state index contributed by atoms with van der Waals surface area (Å²) in [5.41, 5.74) is 2.41. The maximum Gasteiger partial charge on any atom is 0.255 e. The lowest BCUT2D eigenvalue weighted by atomic mass is 10.1. The zero-order valence-electron chi connectivity index (χ0n) is 10.5. The lowest BCUT2D eigenvalue weighted by molar-refractivity contribution is 0.102. The van der Waals surface area contributed by atoms with Gasteiger partial charge in [-0.2, -0.15) is 11.8 Å². The standard InChI is InChI=1S/C15H14ClNOS/c1-19-10-11-5-4-6-12(9-11)15(18)17-14-8-3-2-7-13(14)16/h2-9H,10H2,1H3,(H,17,18). The third kappa shape index (κ3) is 3.75. The molecule has 0 aliphatic heterocycles. The number of carbonyl (C=O) groups excluding carboxylic acids is 1. The van der Waals surface area contributed by atoms with Crippen LogP contribution in [0.15, 0.2) is 48.5 Å². The summed E-state index contributed by atoms with van der Waals surface area (Å²) in [5, 5.41) is 3.36. The first-order chi connectivity index (χ1) is 9.20. The van der Waals surface area contributed by atoms with Gasteiger partial charge < -0.3 is 5.32 Å². The van der Waals surface area contributed by atoms with Crippen molar-refractivity contribution in [2.75, 3.05) is 11.6 Å². The quantitative estimate of drug-likeness (QED) is 0.901. The van der Waals surface area contributed by atoms with Gasteiger partial charge in [-0.25, -0.2) is 0 Å². The Balaban J connectivity index is 2.16. The molecular formula is C15H14ClNOS. The smallest absolute Gasteiger partial charge is 0.255 e. The molecule has 19 heavy (non-hydrogen) atoms. The summed E-state index contributed by atoms with van der Waals surface area (Å²) < 4.78 is 0. The van der Waals surface area contributed by atoms with E-state index < -0.39 is 0 Å². The Labute approximate surface area is 122 Å². The molecule has 4 heteroatoms. The van der Waals surface area contributed by atoms with Gasteiger partial charge in [0.1, 0.15) is 0 Å². The number of halogens is 1. The largest absolute Gasteiger partial charge is 0.321 e. The first-order valence-corrected chi connectivity index (χ1v) is 7.61. The highest BCUT2D eigenvalue weighted by Crippen LogP contribution is 2.21. The zero-order valence-corrected chi connectivity index (χ0v) is 12.1. The third-order valence-corrected chi connectivity index (χ3v) is 3.57. The lowest BCUT2D eigenvalue weighted by Crippen LogP contribution is -2.12. The van der Waals surface area contributed by atoms with Crippen LogP contribution in [0.1, 0.15) is 15.9 Å². The molecule has 0 aliphatic rings. The summed E-state index contributed by atoms with van der Waals surface area (Å²) in [6, 6.07) is 14.8. The van der Waals surface area contributed by atoms with Crippen LogP contribution in [0, 0.1) is 0 Å². The Kier molecular flexibility index (Phi) is 4.88. The molecule has 0 saturated carbocycles. The number of thioether (sulfide) groups is 1. The van der Waals surface area contributed by atoms with Crippen molar-refractivity contribution in [1.82, 2.24) is 0 Å². The summed E-state index contributed by atoms with van der Waals surface area (Å²) in [6.45, 7) is 0. The Bertz CT molecular complexity index is 586. The predicted molar refractivity (Wildman–Crippen MR) is 83.1 cm³/mol. The van der Waals surface area contributed by atoms with Gasteiger partial charge in [0, 0.05) is 11.3 Å². The number of carbonyl (C=O) groups is 1. The van der Waals surface area contributed by atoms with Gasteiger partial charge in [0.05, 0.1) is 10.7 Å². The van der Waals surface area contributed by atoms with E-state index in [2.05, 4.69) is 5.32 Å². The molecule has 2 rings (SSSR count). The number of rotatable bonds is 4. The van der Waals surface area contributed by atoms with E-state index in [1.165, 1.54) is 0 Å². The molecule has 0 saturated heterocycles. The van der Waals surface area contributed by atoms with Crippen molar-refractivity contribution in [3.8, 4) is 0 Å². The maximum atomic E-state index is 12.1.